The van der Waals surface area contributed by atoms with Crippen LogP contribution in [0.4, 0.5) is 23.4 Å². The predicted octanol–water partition coefficient (Wildman–Crippen LogP) is 3.37. The molecule has 3 rings (SSSR count). The minimum Gasteiger partial charge on any atom is -0.352 e. The molecule has 7 nitrogen and oxygen atoms in total. The molecule has 2 amide bonds. The Labute approximate surface area is 188 Å². The van der Waals surface area contributed by atoms with E-state index in [1.165, 1.54) is 4.90 Å². The van der Waals surface area contributed by atoms with Crippen LogP contribution in [0.3, 0.4) is 0 Å². The van der Waals surface area contributed by atoms with Crippen LogP contribution >= 0.6 is 0 Å². The summed E-state index contributed by atoms with van der Waals surface area (Å²) in [5.74, 6) is -1.15. The molecule has 0 unspecified atom stereocenters. The second kappa shape index (κ2) is 10.1. The standard InChI is InChI=1S/C22H25F4N5O2/c1-14(2)7-8-27-20(32)18-5-6-19(29-28-18)30-9-11-31(12-10-30)21(33)16-13-15(23)3-4-17(16)22(24,25)26/h3-6,13-14H,7-12H2,1-2H3,(H,27,32). The van der Waals surface area contributed by atoms with Gasteiger partial charge in [-0.25, -0.2) is 4.39 Å². The molecule has 1 N–H and O–H groups in total. The van der Waals surface area contributed by atoms with Gasteiger partial charge in [-0.15, -0.1) is 10.2 Å². The second-order valence-electron chi connectivity index (χ2n) is 8.18. The molecule has 0 bridgehead atoms. The normalized spacial score (nSPS) is 14.5. The van der Waals surface area contributed by atoms with E-state index >= 15 is 0 Å². The van der Waals surface area contributed by atoms with Crippen molar-refractivity contribution in [1.29, 1.82) is 0 Å². The summed E-state index contributed by atoms with van der Waals surface area (Å²) in [6.45, 7) is 5.52. The minimum absolute atomic E-state index is 0.131. The van der Waals surface area contributed by atoms with E-state index in [2.05, 4.69) is 29.4 Å². The van der Waals surface area contributed by atoms with E-state index < -0.39 is 29.0 Å². The lowest BCUT2D eigenvalue weighted by molar-refractivity contribution is -0.138. The number of rotatable bonds is 6. The van der Waals surface area contributed by atoms with Crippen molar-refractivity contribution < 1.29 is 27.2 Å². The maximum Gasteiger partial charge on any atom is 0.417 e. The summed E-state index contributed by atoms with van der Waals surface area (Å²) < 4.78 is 53.3. The summed E-state index contributed by atoms with van der Waals surface area (Å²) >= 11 is 0. The van der Waals surface area contributed by atoms with Gasteiger partial charge in [0, 0.05) is 32.7 Å². The molecule has 0 saturated carbocycles. The van der Waals surface area contributed by atoms with Gasteiger partial charge in [0.25, 0.3) is 11.8 Å². The Kier molecular flexibility index (Phi) is 7.50. The summed E-state index contributed by atoms with van der Waals surface area (Å²) in [4.78, 5) is 27.9. The molecule has 0 radical (unpaired) electrons. The maximum absolute atomic E-state index is 13.5. The van der Waals surface area contributed by atoms with Crippen molar-refractivity contribution in [3.63, 3.8) is 0 Å². The van der Waals surface area contributed by atoms with Crippen LogP contribution in [0, 0.1) is 11.7 Å². The number of anilines is 1. The van der Waals surface area contributed by atoms with Crippen LogP contribution in [0.15, 0.2) is 30.3 Å². The zero-order valence-corrected chi connectivity index (χ0v) is 18.3. The molecule has 2 aromatic rings. The number of carbonyl (C=O) groups excluding carboxylic acids is 2. The highest BCUT2D eigenvalue weighted by atomic mass is 19.4. The number of nitrogens with one attached hydrogen (secondary N) is 1. The topological polar surface area (TPSA) is 78.4 Å². The number of halogens is 4. The molecule has 1 saturated heterocycles. The molecule has 0 atom stereocenters. The van der Waals surface area contributed by atoms with Gasteiger partial charge in [0.2, 0.25) is 0 Å². The van der Waals surface area contributed by atoms with Gasteiger partial charge >= 0.3 is 6.18 Å². The molecule has 178 valence electrons. The quantitative estimate of drug-likeness (QED) is 0.660. The number of hydrogen-bond acceptors (Lipinski definition) is 5. The number of aromatic nitrogens is 2. The highest BCUT2D eigenvalue weighted by molar-refractivity contribution is 5.96. The summed E-state index contributed by atoms with van der Waals surface area (Å²) in [7, 11) is 0. The largest absolute Gasteiger partial charge is 0.417 e. The zero-order valence-electron chi connectivity index (χ0n) is 18.3. The first-order valence-electron chi connectivity index (χ1n) is 10.6. The van der Waals surface area contributed by atoms with E-state index in [1.54, 1.807) is 12.1 Å². The lowest BCUT2D eigenvalue weighted by Crippen LogP contribution is -2.49. The Balaban J connectivity index is 1.61. The Bertz CT molecular complexity index is 987. The molecule has 1 aliphatic rings. The smallest absolute Gasteiger partial charge is 0.352 e. The van der Waals surface area contributed by atoms with Gasteiger partial charge < -0.3 is 15.1 Å². The number of piperazine rings is 1. The van der Waals surface area contributed by atoms with Gasteiger partial charge in [0.1, 0.15) is 5.82 Å². The third-order valence-corrected chi connectivity index (χ3v) is 5.30. The molecule has 33 heavy (non-hydrogen) atoms. The van der Waals surface area contributed by atoms with Crippen LogP contribution in [0.5, 0.6) is 0 Å². The molecular formula is C22H25F4N5O2. The first-order valence-corrected chi connectivity index (χ1v) is 10.6. The predicted molar refractivity (Wildman–Crippen MR) is 113 cm³/mol. The fraction of sp³-hybridized carbons (Fsp3) is 0.455. The summed E-state index contributed by atoms with van der Waals surface area (Å²) in [5.41, 5.74) is -1.69. The highest BCUT2D eigenvalue weighted by Crippen LogP contribution is 2.33. The molecule has 11 heteroatoms. The Morgan fingerprint density at radius 1 is 1.06 bits per heavy atom. The number of benzene rings is 1. The summed E-state index contributed by atoms with van der Waals surface area (Å²) in [6.07, 6.45) is -3.92. The number of hydrogen-bond donors (Lipinski definition) is 1. The SMILES string of the molecule is CC(C)CCNC(=O)c1ccc(N2CCN(C(=O)c3cc(F)ccc3C(F)(F)F)CC2)nn1. The minimum atomic E-state index is -4.76. The Morgan fingerprint density at radius 3 is 2.33 bits per heavy atom. The van der Waals surface area contributed by atoms with E-state index in [-0.39, 0.29) is 24.7 Å². The van der Waals surface area contributed by atoms with E-state index in [0.29, 0.717) is 49.6 Å². The van der Waals surface area contributed by atoms with E-state index in [4.69, 9.17) is 0 Å². The van der Waals surface area contributed by atoms with Gasteiger partial charge in [0.15, 0.2) is 11.5 Å². The summed E-state index contributed by atoms with van der Waals surface area (Å²) in [6, 6.07) is 5.07. The van der Waals surface area contributed by atoms with Crippen molar-refractivity contribution in [2.45, 2.75) is 26.4 Å². The highest BCUT2D eigenvalue weighted by Gasteiger charge is 2.37. The van der Waals surface area contributed by atoms with Crippen LogP contribution in [0.1, 0.15) is 46.7 Å². The van der Waals surface area contributed by atoms with Crippen molar-refractivity contribution in [3.05, 3.63) is 53.0 Å². The number of amides is 2. The molecule has 1 aromatic heterocycles. The molecule has 1 fully saturated rings. The second-order valence-corrected chi connectivity index (χ2v) is 8.18. The van der Waals surface area contributed by atoms with E-state index in [9.17, 15) is 27.2 Å². The van der Waals surface area contributed by atoms with Crippen molar-refractivity contribution in [3.8, 4) is 0 Å². The zero-order chi connectivity index (χ0) is 24.2. The van der Waals surface area contributed by atoms with Crippen LogP contribution in [-0.4, -0.2) is 59.6 Å². The maximum atomic E-state index is 13.5. The Hall–Kier alpha value is -3.24. The lowest BCUT2D eigenvalue weighted by atomic mass is 10.0. The molecule has 0 spiro atoms. The first-order chi connectivity index (χ1) is 15.6. The first kappa shape index (κ1) is 24.4. The third-order valence-electron chi connectivity index (χ3n) is 5.30. The van der Waals surface area contributed by atoms with E-state index in [0.717, 1.165) is 6.42 Å². The fourth-order valence-electron chi connectivity index (χ4n) is 3.43. The van der Waals surface area contributed by atoms with Gasteiger partial charge in [-0.2, -0.15) is 13.2 Å². The van der Waals surface area contributed by atoms with Gasteiger partial charge in [0.05, 0.1) is 11.1 Å². The average molecular weight is 467 g/mol. The van der Waals surface area contributed by atoms with Gasteiger partial charge in [-0.3, -0.25) is 9.59 Å². The molecule has 0 aliphatic carbocycles. The Morgan fingerprint density at radius 2 is 1.76 bits per heavy atom. The van der Waals surface area contributed by atoms with E-state index in [1.807, 2.05) is 4.90 Å². The monoisotopic (exact) mass is 467 g/mol. The summed E-state index contributed by atoms with van der Waals surface area (Å²) in [5, 5.41) is 10.8. The van der Waals surface area contributed by atoms with Gasteiger partial charge in [-0.05, 0) is 42.7 Å². The van der Waals surface area contributed by atoms with Crippen molar-refractivity contribution >= 4 is 17.6 Å². The molecular weight excluding hydrogens is 442 g/mol. The van der Waals surface area contributed by atoms with Crippen LogP contribution in [0.2, 0.25) is 0 Å². The fourth-order valence-corrected chi connectivity index (χ4v) is 3.43. The number of carbonyl (C=O) groups is 2. The van der Waals surface area contributed by atoms with Crippen LogP contribution in [0.25, 0.3) is 0 Å². The number of nitrogens with zero attached hydrogens (tertiary/aromatic N) is 4. The van der Waals surface area contributed by atoms with Crippen molar-refractivity contribution in [1.82, 2.24) is 20.4 Å². The third kappa shape index (κ3) is 6.17. The molecule has 1 aromatic carbocycles. The molecule has 1 aliphatic heterocycles. The number of alkyl halides is 3. The molecule has 2 heterocycles. The van der Waals surface area contributed by atoms with Crippen LogP contribution < -0.4 is 10.2 Å². The van der Waals surface area contributed by atoms with Crippen molar-refractivity contribution in [2.75, 3.05) is 37.6 Å². The van der Waals surface area contributed by atoms with Crippen molar-refractivity contribution in [2.24, 2.45) is 5.92 Å². The lowest BCUT2D eigenvalue weighted by Gasteiger charge is -2.35. The van der Waals surface area contributed by atoms with Crippen LogP contribution in [-0.2, 0) is 6.18 Å². The average Bonchev–Trinajstić information content (AvgIpc) is 2.77. The van der Waals surface area contributed by atoms with Gasteiger partial charge in [-0.1, -0.05) is 13.8 Å².